The standard InChI is InChI=1S/C14H10BrClFIO/c1-19-9-3-5-10(12(15)7-9)14(16)11-4-2-8(17)6-13(11)18/h2-7,14H,1H3. The summed E-state index contributed by atoms with van der Waals surface area (Å²) in [6.45, 7) is 0. The molecule has 2 aromatic carbocycles. The lowest BCUT2D eigenvalue weighted by Crippen LogP contribution is -1.98. The summed E-state index contributed by atoms with van der Waals surface area (Å²) in [5.74, 6) is 0.499. The Morgan fingerprint density at radius 3 is 2.47 bits per heavy atom. The van der Waals surface area contributed by atoms with Crippen molar-refractivity contribution in [2.24, 2.45) is 0 Å². The van der Waals surface area contributed by atoms with E-state index in [1.54, 1.807) is 13.2 Å². The van der Waals surface area contributed by atoms with Crippen LogP contribution in [0.1, 0.15) is 16.5 Å². The van der Waals surface area contributed by atoms with Crippen LogP contribution >= 0.6 is 50.1 Å². The van der Waals surface area contributed by atoms with Gasteiger partial charge in [-0.3, -0.25) is 0 Å². The van der Waals surface area contributed by atoms with Gasteiger partial charge in [0.2, 0.25) is 0 Å². The third-order valence-corrected chi connectivity index (χ3v) is 4.81. The quantitative estimate of drug-likeness (QED) is 0.437. The van der Waals surface area contributed by atoms with E-state index in [1.165, 1.54) is 12.1 Å². The van der Waals surface area contributed by atoms with Crippen LogP contribution in [0.3, 0.4) is 0 Å². The molecule has 2 rings (SSSR count). The summed E-state index contributed by atoms with van der Waals surface area (Å²) in [6, 6.07) is 10.2. The van der Waals surface area contributed by atoms with Crippen LogP contribution in [0.5, 0.6) is 5.75 Å². The van der Waals surface area contributed by atoms with Crippen LogP contribution in [-0.2, 0) is 0 Å². The number of hydrogen-bond donors (Lipinski definition) is 0. The fourth-order valence-corrected chi connectivity index (χ4v) is 3.79. The van der Waals surface area contributed by atoms with Crippen LogP contribution in [0.25, 0.3) is 0 Å². The van der Waals surface area contributed by atoms with Crippen LogP contribution in [0.15, 0.2) is 40.9 Å². The predicted octanol–water partition coefficient (Wildman–Crippen LogP) is 5.53. The van der Waals surface area contributed by atoms with E-state index >= 15 is 0 Å². The second-order valence-electron chi connectivity index (χ2n) is 3.92. The first kappa shape index (κ1) is 15.1. The molecule has 0 aromatic heterocycles. The topological polar surface area (TPSA) is 9.23 Å². The van der Waals surface area contributed by atoms with Gasteiger partial charge in [-0.1, -0.05) is 28.1 Å². The molecular formula is C14H10BrClFIO. The first-order chi connectivity index (χ1) is 9.02. The molecule has 0 bridgehead atoms. The fourth-order valence-electron chi connectivity index (χ4n) is 1.71. The van der Waals surface area contributed by atoms with Crippen molar-refractivity contribution < 1.29 is 9.13 Å². The van der Waals surface area contributed by atoms with E-state index in [0.717, 1.165) is 24.9 Å². The van der Waals surface area contributed by atoms with Gasteiger partial charge in [-0.2, -0.15) is 0 Å². The molecule has 0 spiro atoms. The van der Waals surface area contributed by atoms with Crippen molar-refractivity contribution in [2.75, 3.05) is 7.11 Å². The lowest BCUT2D eigenvalue weighted by Gasteiger charge is -2.15. The SMILES string of the molecule is COc1ccc(C(Cl)c2ccc(F)cc2I)c(Br)c1. The minimum absolute atomic E-state index is 0.259. The smallest absolute Gasteiger partial charge is 0.124 e. The highest BCUT2D eigenvalue weighted by molar-refractivity contribution is 14.1. The van der Waals surface area contributed by atoms with Crippen LogP contribution in [0.4, 0.5) is 4.39 Å². The van der Waals surface area contributed by atoms with Crippen molar-refractivity contribution in [3.63, 3.8) is 0 Å². The van der Waals surface area contributed by atoms with Gasteiger partial charge in [0.1, 0.15) is 11.6 Å². The summed E-state index contributed by atoms with van der Waals surface area (Å²) in [4.78, 5) is 0. The third-order valence-electron chi connectivity index (χ3n) is 2.72. The minimum atomic E-state index is -0.340. The molecule has 0 saturated carbocycles. The maximum atomic E-state index is 13.1. The Labute approximate surface area is 138 Å². The summed E-state index contributed by atoms with van der Waals surface area (Å²) < 4.78 is 19.9. The van der Waals surface area contributed by atoms with E-state index in [4.69, 9.17) is 16.3 Å². The number of halogens is 4. The number of alkyl halides is 1. The van der Waals surface area contributed by atoms with E-state index in [2.05, 4.69) is 38.5 Å². The number of rotatable bonds is 3. The van der Waals surface area contributed by atoms with E-state index in [9.17, 15) is 4.39 Å². The monoisotopic (exact) mass is 454 g/mol. The van der Waals surface area contributed by atoms with Crippen LogP contribution in [0, 0.1) is 9.39 Å². The van der Waals surface area contributed by atoms with Crippen molar-refractivity contribution in [3.8, 4) is 5.75 Å². The second kappa shape index (κ2) is 6.41. The Bertz CT molecular complexity index is 606. The van der Waals surface area contributed by atoms with Gasteiger partial charge < -0.3 is 4.74 Å². The molecule has 100 valence electrons. The highest BCUT2D eigenvalue weighted by Crippen LogP contribution is 2.37. The van der Waals surface area contributed by atoms with Crippen molar-refractivity contribution in [1.29, 1.82) is 0 Å². The zero-order chi connectivity index (χ0) is 14.0. The Morgan fingerprint density at radius 1 is 1.21 bits per heavy atom. The number of benzene rings is 2. The molecule has 1 nitrogen and oxygen atoms in total. The van der Waals surface area contributed by atoms with E-state index in [1.807, 2.05) is 18.2 Å². The van der Waals surface area contributed by atoms with Crippen LogP contribution in [0.2, 0.25) is 0 Å². The number of hydrogen-bond acceptors (Lipinski definition) is 1. The molecule has 0 radical (unpaired) electrons. The molecule has 0 heterocycles. The second-order valence-corrected chi connectivity index (χ2v) is 6.37. The minimum Gasteiger partial charge on any atom is -0.497 e. The Balaban J connectivity index is 2.41. The lowest BCUT2D eigenvalue weighted by atomic mass is 10.0. The molecule has 1 unspecified atom stereocenters. The first-order valence-corrected chi connectivity index (χ1v) is 7.76. The highest BCUT2D eigenvalue weighted by atomic mass is 127. The molecule has 2 aromatic rings. The summed E-state index contributed by atoms with van der Waals surface area (Å²) in [7, 11) is 1.61. The summed E-state index contributed by atoms with van der Waals surface area (Å²) in [6.07, 6.45) is 0. The number of ether oxygens (including phenoxy) is 1. The molecule has 0 fully saturated rings. The molecule has 0 N–H and O–H groups in total. The van der Waals surface area contributed by atoms with Gasteiger partial charge in [-0.25, -0.2) is 4.39 Å². The van der Waals surface area contributed by atoms with Gasteiger partial charge in [0.05, 0.1) is 12.5 Å². The summed E-state index contributed by atoms with van der Waals surface area (Å²) in [5.41, 5.74) is 1.81. The van der Waals surface area contributed by atoms with Crippen molar-refractivity contribution >= 4 is 50.1 Å². The molecule has 0 aliphatic rings. The Kier molecular flexibility index (Phi) is 5.09. The van der Waals surface area contributed by atoms with Gasteiger partial charge in [-0.15, -0.1) is 11.6 Å². The fraction of sp³-hybridized carbons (Fsp3) is 0.143. The summed E-state index contributed by atoms with van der Waals surface area (Å²) >= 11 is 12.1. The Morgan fingerprint density at radius 2 is 1.89 bits per heavy atom. The predicted molar refractivity (Wildman–Crippen MR) is 87.5 cm³/mol. The zero-order valence-electron chi connectivity index (χ0n) is 9.96. The molecule has 0 saturated heterocycles. The average Bonchev–Trinajstić information content (AvgIpc) is 2.37. The van der Waals surface area contributed by atoms with E-state index < -0.39 is 0 Å². The van der Waals surface area contributed by atoms with Crippen molar-refractivity contribution in [3.05, 3.63) is 61.4 Å². The molecular weight excluding hydrogens is 445 g/mol. The maximum Gasteiger partial charge on any atom is 0.124 e. The van der Waals surface area contributed by atoms with Gasteiger partial charge in [-0.05, 0) is 58.0 Å². The molecule has 0 aliphatic carbocycles. The zero-order valence-corrected chi connectivity index (χ0v) is 14.5. The van der Waals surface area contributed by atoms with Crippen LogP contribution < -0.4 is 4.74 Å². The number of methoxy groups -OCH3 is 1. The van der Waals surface area contributed by atoms with Gasteiger partial charge in [0, 0.05) is 8.04 Å². The van der Waals surface area contributed by atoms with Crippen molar-refractivity contribution in [1.82, 2.24) is 0 Å². The first-order valence-electron chi connectivity index (χ1n) is 5.45. The molecule has 1 atom stereocenters. The molecule has 0 amide bonds. The average molecular weight is 455 g/mol. The molecule has 0 aliphatic heterocycles. The Hall–Kier alpha value is -0.330. The largest absolute Gasteiger partial charge is 0.497 e. The van der Waals surface area contributed by atoms with Crippen LogP contribution in [-0.4, -0.2) is 7.11 Å². The van der Waals surface area contributed by atoms with E-state index in [-0.39, 0.29) is 11.2 Å². The highest BCUT2D eigenvalue weighted by Gasteiger charge is 2.17. The summed E-state index contributed by atoms with van der Waals surface area (Å²) in [5, 5.41) is -0.340. The molecule has 5 heteroatoms. The van der Waals surface area contributed by atoms with Crippen molar-refractivity contribution in [2.45, 2.75) is 5.38 Å². The third kappa shape index (κ3) is 3.41. The van der Waals surface area contributed by atoms with Gasteiger partial charge in [0.25, 0.3) is 0 Å². The van der Waals surface area contributed by atoms with Gasteiger partial charge in [0.15, 0.2) is 0 Å². The molecule has 19 heavy (non-hydrogen) atoms. The lowest BCUT2D eigenvalue weighted by molar-refractivity contribution is 0.414. The normalized spacial score (nSPS) is 12.3. The van der Waals surface area contributed by atoms with E-state index in [0.29, 0.717) is 0 Å². The van der Waals surface area contributed by atoms with Gasteiger partial charge >= 0.3 is 0 Å². The maximum absolute atomic E-state index is 13.1.